The number of hydrogen-bond donors (Lipinski definition) is 2. The Balaban J connectivity index is 2.13. The minimum absolute atomic E-state index is 0.159. The summed E-state index contributed by atoms with van der Waals surface area (Å²) in [4.78, 5) is 13.3. The molecule has 21 heavy (non-hydrogen) atoms. The number of nitrogens with one attached hydrogen (secondary N) is 1. The lowest BCUT2D eigenvalue weighted by atomic mass is 10.1. The van der Waals surface area contributed by atoms with Crippen LogP contribution in [0.1, 0.15) is 18.4 Å². The van der Waals surface area contributed by atoms with Gasteiger partial charge in [0.15, 0.2) is 11.6 Å². The highest BCUT2D eigenvalue weighted by Crippen LogP contribution is 2.25. The smallest absolute Gasteiger partial charge is 0.263 e. The molecule has 1 fully saturated rings. The van der Waals surface area contributed by atoms with Gasteiger partial charge in [-0.1, -0.05) is 6.07 Å². The lowest BCUT2D eigenvalue weighted by Crippen LogP contribution is -2.49. The van der Waals surface area contributed by atoms with E-state index in [1.807, 2.05) is 0 Å². The zero-order valence-electron chi connectivity index (χ0n) is 12.1. The first-order valence-electron chi connectivity index (χ1n) is 6.79. The quantitative estimate of drug-likeness (QED) is 0.827. The van der Waals surface area contributed by atoms with E-state index in [2.05, 4.69) is 5.32 Å². The van der Waals surface area contributed by atoms with Gasteiger partial charge in [0.25, 0.3) is 5.91 Å². The van der Waals surface area contributed by atoms with Crippen molar-refractivity contribution in [3.05, 3.63) is 29.3 Å². The van der Waals surface area contributed by atoms with Gasteiger partial charge < -0.3 is 10.2 Å². The van der Waals surface area contributed by atoms with E-state index in [9.17, 15) is 18.8 Å². The van der Waals surface area contributed by atoms with Crippen molar-refractivity contribution in [3.63, 3.8) is 0 Å². The second kappa shape index (κ2) is 6.36. The number of benzene rings is 1. The van der Waals surface area contributed by atoms with E-state index in [4.69, 9.17) is 0 Å². The van der Waals surface area contributed by atoms with Crippen molar-refractivity contribution >= 4 is 11.6 Å². The Bertz CT molecular complexity index is 537. The molecule has 0 bridgehead atoms. The molecule has 2 N–H and O–H groups in total. The number of amides is 1. The fraction of sp³-hybridized carbons (Fsp3) is 0.500. The van der Waals surface area contributed by atoms with Crippen molar-refractivity contribution in [1.29, 1.82) is 0 Å². The summed E-state index contributed by atoms with van der Waals surface area (Å²) in [7, 11) is 3.26. The predicted molar refractivity (Wildman–Crippen MR) is 74.0 cm³/mol. The summed E-state index contributed by atoms with van der Waals surface area (Å²) >= 11 is 0. The van der Waals surface area contributed by atoms with Crippen molar-refractivity contribution in [2.75, 3.05) is 25.5 Å². The van der Waals surface area contributed by atoms with Gasteiger partial charge in [-0.2, -0.15) is 0 Å². The second-order valence-corrected chi connectivity index (χ2v) is 5.30. The molecule has 1 aliphatic rings. The number of hydroxylamine groups is 2. The average molecular weight is 299 g/mol. The summed E-state index contributed by atoms with van der Waals surface area (Å²) in [6.07, 6.45) is 1.30. The number of nitrogens with zero attached hydrogens (tertiary/aromatic N) is 2. The van der Waals surface area contributed by atoms with Gasteiger partial charge in [0, 0.05) is 27.2 Å². The molecule has 0 aliphatic carbocycles. The Morgan fingerprint density at radius 1 is 1.43 bits per heavy atom. The van der Waals surface area contributed by atoms with E-state index >= 15 is 0 Å². The van der Waals surface area contributed by atoms with Gasteiger partial charge in [-0.25, -0.2) is 13.8 Å². The molecular formula is C14H19F2N3O2. The van der Waals surface area contributed by atoms with Crippen LogP contribution in [0.3, 0.4) is 0 Å². The number of hydrogen-bond acceptors (Lipinski definition) is 4. The van der Waals surface area contributed by atoms with Gasteiger partial charge in [-0.05, 0) is 24.5 Å². The zero-order chi connectivity index (χ0) is 15.6. The summed E-state index contributed by atoms with van der Waals surface area (Å²) in [5.41, 5.74) is 0.716. The van der Waals surface area contributed by atoms with Crippen LogP contribution in [-0.2, 0) is 11.3 Å². The maximum Gasteiger partial charge on any atom is 0.263 e. The third kappa shape index (κ3) is 3.30. The number of carbonyl (C=O) groups is 1. The molecule has 0 saturated carbocycles. The molecule has 0 spiro atoms. The molecular weight excluding hydrogens is 280 g/mol. The summed E-state index contributed by atoms with van der Waals surface area (Å²) in [5.74, 6) is -2.20. The van der Waals surface area contributed by atoms with Crippen LogP contribution in [0.5, 0.6) is 0 Å². The highest BCUT2D eigenvalue weighted by molar-refractivity contribution is 5.81. The first kappa shape index (κ1) is 15.7. The molecule has 5 nitrogen and oxygen atoms in total. The van der Waals surface area contributed by atoms with Crippen LogP contribution in [0, 0.1) is 11.6 Å². The van der Waals surface area contributed by atoms with E-state index in [-0.39, 0.29) is 12.2 Å². The van der Waals surface area contributed by atoms with Gasteiger partial charge in [0.2, 0.25) is 0 Å². The molecule has 2 rings (SSSR count). The molecule has 1 unspecified atom stereocenters. The molecule has 1 saturated heterocycles. The first-order valence-corrected chi connectivity index (χ1v) is 6.79. The Morgan fingerprint density at radius 2 is 2.14 bits per heavy atom. The van der Waals surface area contributed by atoms with Crippen molar-refractivity contribution in [3.8, 4) is 0 Å². The van der Waals surface area contributed by atoms with Crippen LogP contribution in [0.4, 0.5) is 14.5 Å². The lowest BCUT2D eigenvalue weighted by molar-refractivity contribution is -0.172. The SMILES string of the molecule is CN(C)c1c(CNC2CCCN(O)C2=O)ccc(F)c1F. The van der Waals surface area contributed by atoms with Crippen LogP contribution in [0.25, 0.3) is 0 Å². The molecule has 1 atom stereocenters. The highest BCUT2D eigenvalue weighted by Gasteiger charge is 2.27. The average Bonchev–Trinajstić information content (AvgIpc) is 2.43. The number of anilines is 1. The van der Waals surface area contributed by atoms with E-state index in [0.29, 0.717) is 30.0 Å². The van der Waals surface area contributed by atoms with E-state index < -0.39 is 23.6 Å². The summed E-state index contributed by atoms with van der Waals surface area (Å²) < 4.78 is 27.2. The Hall–Kier alpha value is -1.73. The fourth-order valence-corrected chi connectivity index (χ4v) is 2.49. The van der Waals surface area contributed by atoms with Crippen LogP contribution < -0.4 is 10.2 Å². The van der Waals surface area contributed by atoms with E-state index in [1.54, 1.807) is 14.1 Å². The van der Waals surface area contributed by atoms with Crippen LogP contribution >= 0.6 is 0 Å². The Labute approximate surface area is 122 Å². The molecule has 116 valence electrons. The molecule has 0 aromatic heterocycles. The van der Waals surface area contributed by atoms with Crippen molar-refractivity contribution in [2.45, 2.75) is 25.4 Å². The Kier molecular flexibility index (Phi) is 4.74. The molecule has 1 aromatic rings. The van der Waals surface area contributed by atoms with Gasteiger partial charge in [-0.15, -0.1) is 0 Å². The summed E-state index contributed by atoms with van der Waals surface area (Å²) in [6, 6.07) is 2.05. The topological polar surface area (TPSA) is 55.8 Å². The largest absolute Gasteiger partial charge is 0.375 e. The standard InChI is InChI=1S/C14H19F2N3O2/c1-18(2)13-9(5-6-10(15)12(13)16)8-17-11-4-3-7-19(21)14(11)20/h5-6,11,17,21H,3-4,7-8H2,1-2H3. The van der Waals surface area contributed by atoms with Crippen LogP contribution in [0.15, 0.2) is 12.1 Å². The van der Waals surface area contributed by atoms with Gasteiger partial charge in [-0.3, -0.25) is 10.0 Å². The maximum atomic E-state index is 13.9. The normalized spacial score (nSPS) is 19.0. The molecule has 1 heterocycles. The van der Waals surface area contributed by atoms with Crippen molar-refractivity contribution < 1.29 is 18.8 Å². The Morgan fingerprint density at radius 3 is 2.81 bits per heavy atom. The zero-order valence-corrected chi connectivity index (χ0v) is 12.1. The molecule has 0 radical (unpaired) electrons. The van der Waals surface area contributed by atoms with E-state index in [1.165, 1.54) is 11.0 Å². The van der Waals surface area contributed by atoms with Crippen LogP contribution in [-0.4, -0.2) is 42.9 Å². The maximum absolute atomic E-state index is 13.9. The first-order chi connectivity index (χ1) is 9.91. The van der Waals surface area contributed by atoms with Crippen molar-refractivity contribution in [1.82, 2.24) is 10.4 Å². The number of carbonyl (C=O) groups excluding carboxylic acids is 1. The lowest BCUT2D eigenvalue weighted by Gasteiger charge is -2.28. The predicted octanol–water partition coefficient (Wildman–Crippen LogP) is 1.50. The highest BCUT2D eigenvalue weighted by atomic mass is 19.2. The molecule has 7 heteroatoms. The van der Waals surface area contributed by atoms with Gasteiger partial charge in [0.1, 0.15) is 0 Å². The summed E-state index contributed by atoms with van der Waals surface area (Å²) in [5, 5.41) is 13.1. The van der Waals surface area contributed by atoms with Crippen molar-refractivity contribution in [2.24, 2.45) is 0 Å². The fourth-order valence-electron chi connectivity index (χ4n) is 2.49. The minimum Gasteiger partial charge on any atom is -0.375 e. The number of rotatable bonds is 4. The molecule has 1 amide bonds. The van der Waals surface area contributed by atoms with Gasteiger partial charge in [0.05, 0.1) is 11.7 Å². The van der Waals surface area contributed by atoms with Gasteiger partial charge >= 0.3 is 0 Å². The van der Waals surface area contributed by atoms with E-state index in [0.717, 1.165) is 6.07 Å². The monoisotopic (exact) mass is 299 g/mol. The minimum atomic E-state index is -0.905. The number of halogens is 2. The third-order valence-corrected chi connectivity index (χ3v) is 3.55. The third-order valence-electron chi connectivity index (χ3n) is 3.55. The second-order valence-electron chi connectivity index (χ2n) is 5.30. The summed E-state index contributed by atoms with van der Waals surface area (Å²) in [6.45, 7) is 0.542. The molecule has 1 aliphatic heterocycles. The van der Waals surface area contributed by atoms with Crippen LogP contribution in [0.2, 0.25) is 0 Å². The molecule has 1 aromatic carbocycles. The number of piperidine rings is 1.